The van der Waals surface area contributed by atoms with Crippen LogP contribution in [0.1, 0.15) is 47.0 Å². The van der Waals surface area contributed by atoms with E-state index >= 15 is 0 Å². The van der Waals surface area contributed by atoms with Gasteiger partial charge in [-0.05, 0) is 32.1 Å². The van der Waals surface area contributed by atoms with Gasteiger partial charge in [0.25, 0.3) is 0 Å². The standard InChI is InChI=1S/C11H20/c1-5-6-7-11-9(3)8(2)10(11)4/h9,11H,5-7H2,1-4H3. The summed E-state index contributed by atoms with van der Waals surface area (Å²) in [4.78, 5) is 0. The van der Waals surface area contributed by atoms with E-state index < -0.39 is 0 Å². The Balaban J connectivity index is 2.40. The maximum atomic E-state index is 2.36. The SMILES string of the molecule is CCCCC1C(C)=C(C)C1C. The monoisotopic (exact) mass is 152 g/mol. The van der Waals surface area contributed by atoms with Crippen LogP contribution < -0.4 is 0 Å². The van der Waals surface area contributed by atoms with Crippen LogP contribution in [-0.4, -0.2) is 0 Å². The molecule has 0 aromatic heterocycles. The molecule has 0 saturated carbocycles. The zero-order chi connectivity index (χ0) is 8.43. The number of rotatable bonds is 3. The minimum absolute atomic E-state index is 0.876. The average Bonchev–Trinajstić information content (AvgIpc) is 2.04. The van der Waals surface area contributed by atoms with Gasteiger partial charge in [-0.2, -0.15) is 0 Å². The Bertz CT molecular complexity index is 165. The van der Waals surface area contributed by atoms with Gasteiger partial charge in [0.15, 0.2) is 0 Å². The lowest BCUT2D eigenvalue weighted by Crippen LogP contribution is -2.25. The first kappa shape index (κ1) is 8.83. The fraction of sp³-hybridized carbons (Fsp3) is 0.818. The molecule has 0 aliphatic heterocycles. The van der Waals surface area contributed by atoms with Crippen LogP contribution >= 0.6 is 0 Å². The molecule has 1 rings (SSSR count). The van der Waals surface area contributed by atoms with Crippen molar-refractivity contribution in [2.75, 3.05) is 0 Å². The van der Waals surface area contributed by atoms with Gasteiger partial charge in [-0.25, -0.2) is 0 Å². The average molecular weight is 152 g/mol. The summed E-state index contributed by atoms with van der Waals surface area (Å²) in [6, 6.07) is 0. The first-order valence-electron chi connectivity index (χ1n) is 4.85. The topological polar surface area (TPSA) is 0 Å². The molecule has 1 aliphatic carbocycles. The largest absolute Gasteiger partial charge is 0.0707 e. The third-order valence-electron chi connectivity index (χ3n) is 3.33. The van der Waals surface area contributed by atoms with Crippen LogP contribution in [-0.2, 0) is 0 Å². The van der Waals surface area contributed by atoms with E-state index in [-0.39, 0.29) is 0 Å². The van der Waals surface area contributed by atoms with Gasteiger partial charge >= 0.3 is 0 Å². The highest BCUT2D eigenvalue weighted by Crippen LogP contribution is 2.42. The smallest absolute Gasteiger partial charge is 0.0140 e. The second kappa shape index (κ2) is 3.42. The van der Waals surface area contributed by atoms with Crippen molar-refractivity contribution in [2.24, 2.45) is 11.8 Å². The lowest BCUT2D eigenvalue weighted by atomic mass is 9.68. The van der Waals surface area contributed by atoms with E-state index in [4.69, 9.17) is 0 Å². The van der Waals surface area contributed by atoms with Crippen molar-refractivity contribution in [3.05, 3.63) is 11.1 Å². The van der Waals surface area contributed by atoms with Crippen LogP contribution in [0.15, 0.2) is 11.1 Å². The molecule has 0 aromatic carbocycles. The Morgan fingerprint density at radius 3 is 2.27 bits per heavy atom. The summed E-state index contributed by atoms with van der Waals surface area (Å²) in [5.41, 5.74) is 3.32. The lowest BCUT2D eigenvalue weighted by Gasteiger charge is -2.37. The highest BCUT2D eigenvalue weighted by atomic mass is 14.3. The fourth-order valence-corrected chi connectivity index (χ4v) is 2.12. The van der Waals surface area contributed by atoms with Crippen LogP contribution in [0.3, 0.4) is 0 Å². The van der Waals surface area contributed by atoms with Gasteiger partial charge in [0.05, 0.1) is 0 Å². The van der Waals surface area contributed by atoms with Crippen LogP contribution in [0.4, 0.5) is 0 Å². The quantitative estimate of drug-likeness (QED) is 0.540. The molecule has 0 fully saturated rings. The van der Waals surface area contributed by atoms with Gasteiger partial charge in [0.1, 0.15) is 0 Å². The second-order valence-corrected chi connectivity index (χ2v) is 3.90. The number of allylic oxidation sites excluding steroid dienone is 2. The first-order valence-corrected chi connectivity index (χ1v) is 4.85. The zero-order valence-corrected chi connectivity index (χ0v) is 8.28. The molecule has 0 N–H and O–H groups in total. The Morgan fingerprint density at radius 2 is 1.82 bits per heavy atom. The van der Waals surface area contributed by atoms with Crippen molar-refractivity contribution in [2.45, 2.75) is 47.0 Å². The van der Waals surface area contributed by atoms with Gasteiger partial charge in [-0.1, -0.05) is 37.8 Å². The van der Waals surface area contributed by atoms with E-state index in [0.29, 0.717) is 0 Å². The maximum Gasteiger partial charge on any atom is -0.0140 e. The van der Waals surface area contributed by atoms with Crippen molar-refractivity contribution in [1.29, 1.82) is 0 Å². The molecule has 0 nitrogen and oxygen atoms in total. The van der Waals surface area contributed by atoms with Crippen molar-refractivity contribution in [1.82, 2.24) is 0 Å². The third-order valence-corrected chi connectivity index (χ3v) is 3.33. The van der Waals surface area contributed by atoms with E-state index in [1.165, 1.54) is 19.3 Å². The first-order chi connectivity index (χ1) is 5.18. The van der Waals surface area contributed by atoms with E-state index in [1.807, 2.05) is 0 Å². The molecule has 64 valence electrons. The molecular formula is C11H20. The molecule has 11 heavy (non-hydrogen) atoms. The summed E-state index contributed by atoms with van der Waals surface area (Å²) < 4.78 is 0. The van der Waals surface area contributed by atoms with Gasteiger partial charge in [0, 0.05) is 0 Å². The maximum absolute atomic E-state index is 2.36. The summed E-state index contributed by atoms with van der Waals surface area (Å²) in [5.74, 6) is 1.80. The molecular weight excluding hydrogens is 132 g/mol. The zero-order valence-electron chi connectivity index (χ0n) is 8.28. The molecule has 0 aromatic rings. The summed E-state index contributed by atoms with van der Waals surface area (Å²) in [5, 5.41) is 0. The van der Waals surface area contributed by atoms with Crippen LogP contribution in [0.5, 0.6) is 0 Å². The Labute approximate surface area is 70.7 Å². The second-order valence-electron chi connectivity index (χ2n) is 3.90. The highest BCUT2D eigenvalue weighted by molar-refractivity contribution is 5.28. The predicted octanol–water partition coefficient (Wildman–Crippen LogP) is 3.78. The van der Waals surface area contributed by atoms with E-state index in [9.17, 15) is 0 Å². The Hall–Kier alpha value is -0.260. The van der Waals surface area contributed by atoms with Crippen molar-refractivity contribution in [3.63, 3.8) is 0 Å². The minimum atomic E-state index is 0.876. The minimum Gasteiger partial charge on any atom is -0.0707 e. The molecule has 1 aliphatic rings. The van der Waals surface area contributed by atoms with Crippen LogP contribution in [0.25, 0.3) is 0 Å². The molecule has 0 spiro atoms. The van der Waals surface area contributed by atoms with Gasteiger partial charge in [0.2, 0.25) is 0 Å². The molecule has 0 bridgehead atoms. The van der Waals surface area contributed by atoms with Crippen molar-refractivity contribution < 1.29 is 0 Å². The Kier molecular flexibility index (Phi) is 2.75. The molecule has 0 heterocycles. The molecule has 0 amide bonds. The molecule has 0 heteroatoms. The van der Waals surface area contributed by atoms with Crippen LogP contribution in [0.2, 0.25) is 0 Å². The third kappa shape index (κ3) is 1.50. The predicted molar refractivity (Wildman–Crippen MR) is 50.6 cm³/mol. The number of unbranched alkanes of at least 4 members (excludes halogenated alkanes) is 1. The van der Waals surface area contributed by atoms with Gasteiger partial charge in [-0.3, -0.25) is 0 Å². The number of hydrogen-bond donors (Lipinski definition) is 0. The molecule has 0 saturated heterocycles. The van der Waals surface area contributed by atoms with Crippen LogP contribution in [0, 0.1) is 11.8 Å². The molecule has 0 radical (unpaired) electrons. The van der Waals surface area contributed by atoms with Gasteiger partial charge < -0.3 is 0 Å². The summed E-state index contributed by atoms with van der Waals surface area (Å²) in [7, 11) is 0. The van der Waals surface area contributed by atoms with E-state index in [0.717, 1.165) is 11.8 Å². The van der Waals surface area contributed by atoms with Crippen molar-refractivity contribution >= 4 is 0 Å². The summed E-state index contributed by atoms with van der Waals surface area (Å²) in [6.07, 6.45) is 4.16. The normalized spacial score (nSPS) is 30.5. The Morgan fingerprint density at radius 1 is 1.18 bits per heavy atom. The lowest BCUT2D eigenvalue weighted by molar-refractivity contribution is 0.359. The van der Waals surface area contributed by atoms with E-state index in [1.54, 1.807) is 11.1 Å². The molecule has 2 atom stereocenters. The van der Waals surface area contributed by atoms with Gasteiger partial charge in [-0.15, -0.1) is 0 Å². The number of hydrogen-bond acceptors (Lipinski definition) is 0. The molecule has 2 unspecified atom stereocenters. The van der Waals surface area contributed by atoms with Crippen molar-refractivity contribution in [3.8, 4) is 0 Å². The summed E-state index contributed by atoms with van der Waals surface area (Å²) >= 11 is 0. The summed E-state index contributed by atoms with van der Waals surface area (Å²) in [6.45, 7) is 9.22. The van der Waals surface area contributed by atoms with E-state index in [2.05, 4.69) is 27.7 Å². The highest BCUT2D eigenvalue weighted by Gasteiger charge is 2.30. The fourth-order valence-electron chi connectivity index (χ4n) is 2.12.